The third-order valence-electron chi connectivity index (χ3n) is 4.35. The largest absolute Gasteiger partial charge is 0.331 e. The van der Waals surface area contributed by atoms with Crippen molar-refractivity contribution >= 4 is 5.91 Å². The second-order valence-electron chi connectivity index (χ2n) is 5.97. The summed E-state index contributed by atoms with van der Waals surface area (Å²) in [6.45, 7) is 4.12. The van der Waals surface area contributed by atoms with Gasteiger partial charge in [-0.15, -0.1) is 0 Å². The average Bonchev–Trinajstić information content (AvgIpc) is 3.05. The predicted molar refractivity (Wildman–Crippen MR) is 82.1 cm³/mol. The van der Waals surface area contributed by atoms with Gasteiger partial charge in [-0.2, -0.15) is 5.10 Å². The minimum atomic E-state index is -0.235. The van der Waals surface area contributed by atoms with Gasteiger partial charge in [0.25, 0.3) is 5.91 Å². The van der Waals surface area contributed by atoms with Gasteiger partial charge in [-0.1, -0.05) is 0 Å². The fourth-order valence-corrected chi connectivity index (χ4v) is 3.20. The number of piperidine rings is 1. The molecule has 1 unspecified atom stereocenters. The molecule has 0 aliphatic carbocycles. The SMILES string of the molecule is Cc1cc(C(=O)N2CCCCC2c2cn[nH]c2)cc(C)c1F. The topological polar surface area (TPSA) is 49.0 Å². The van der Waals surface area contributed by atoms with Gasteiger partial charge in [0.05, 0.1) is 12.2 Å². The highest BCUT2D eigenvalue weighted by Gasteiger charge is 2.29. The summed E-state index contributed by atoms with van der Waals surface area (Å²) < 4.78 is 13.8. The van der Waals surface area contributed by atoms with Gasteiger partial charge in [-0.05, 0) is 56.4 Å². The van der Waals surface area contributed by atoms with E-state index in [1.165, 1.54) is 0 Å². The first kappa shape index (κ1) is 14.8. The number of amides is 1. The molecule has 0 saturated carbocycles. The number of likely N-dealkylation sites (tertiary alicyclic amines) is 1. The van der Waals surface area contributed by atoms with Crippen LogP contribution in [0.3, 0.4) is 0 Å². The minimum absolute atomic E-state index is 0.0305. The van der Waals surface area contributed by atoms with Gasteiger partial charge in [0.2, 0.25) is 0 Å². The van der Waals surface area contributed by atoms with Crippen LogP contribution in [0.2, 0.25) is 0 Å². The molecule has 1 aliphatic rings. The lowest BCUT2D eigenvalue weighted by Crippen LogP contribution is -2.38. The molecule has 1 amide bonds. The third-order valence-corrected chi connectivity index (χ3v) is 4.35. The molecule has 22 heavy (non-hydrogen) atoms. The molecule has 1 N–H and O–H groups in total. The summed E-state index contributed by atoms with van der Waals surface area (Å²) in [5.41, 5.74) is 2.62. The Morgan fingerprint density at radius 2 is 2.05 bits per heavy atom. The molecule has 1 aromatic carbocycles. The van der Waals surface area contributed by atoms with E-state index >= 15 is 0 Å². The molecule has 0 radical (unpaired) electrons. The monoisotopic (exact) mass is 301 g/mol. The van der Waals surface area contributed by atoms with E-state index in [-0.39, 0.29) is 17.8 Å². The first-order valence-electron chi connectivity index (χ1n) is 7.64. The van der Waals surface area contributed by atoms with Crippen molar-refractivity contribution in [1.82, 2.24) is 15.1 Å². The Balaban J connectivity index is 1.92. The van der Waals surface area contributed by atoms with E-state index in [9.17, 15) is 9.18 Å². The van der Waals surface area contributed by atoms with Crippen LogP contribution in [-0.4, -0.2) is 27.5 Å². The fraction of sp³-hybridized carbons (Fsp3) is 0.412. The molecule has 0 bridgehead atoms. The number of carbonyl (C=O) groups is 1. The Labute approximate surface area is 129 Å². The van der Waals surface area contributed by atoms with Gasteiger partial charge in [-0.25, -0.2) is 4.39 Å². The van der Waals surface area contributed by atoms with Crippen molar-refractivity contribution in [1.29, 1.82) is 0 Å². The molecule has 1 fully saturated rings. The molecule has 1 aromatic heterocycles. The second kappa shape index (κ2) is 5.91. The van der Waals surface area contributed by atoms with Crippen LogP contribution in [0.4, 0.5) is 4.39 Å². The van der Waals surface area contributed by atoms with E-state index < -0.39 is 0 Å². The molecule has 1 saturated heterocycles. The van der Waals surface area contributed by atoms with Gasteiger partial charge in [0.15, 0.2) is 0 Å². The van der Waals surface area contributed by atoms with Gasteiger partial charge in [-0.3, -0.25) is 9.89 Å². The lowest BCUT2D eigenvalue weighted by molar-refractivity contribution is 0.0611. The van der Waals surface area contributed by atoms with Crippen LogP contribution < -0.4 is 0 Å². The third kappa shape index (κ3) is 2.63. The molecule has 3 rings (SSSR count). The van der Waals surface area contributed by atoms with Crippen molar-refractivity contribution in [3.05, 3.63) is 52.6 Å². The van der Waals surface area contributed by atoms with Crippen molar-refractivity contribution in [2.24, 2.45) is 0 Å². The number of aryl methyl sites for hydroxylation is 2. The number of carbonyl (C=O) groups excluding carboxylic acids is 1. The predicted octanol–water partition coefficient (Wildman–Crippen LogP) is 3.53. The number of aromatic nitrogens is 2. The number of hydrogen-bond donors (Lipinski definition) is 1. The van der Waals surface area contributed by atoms with Gasteiger partial charge >= 0.3 is 0 Å². The molecule has 5 heteroatoms. The Hall–Kier alpha value is -2.17. The molecule has 116 valence electrons. The number of aromatic amines is 1. The smallest absolute Gasteiger partial charge is 0.254 e. The number of benzene rings is 1. The number of nitrogens with zero attached hydrogens (tertiary/aromatic N) is 2. The van der Waals surface area contributed by atoms with Gasteiger partial charge in [0.1, 0.15) is 5.82 Å². The van der Waals surface area contributed by atoms with E-state index in [1.807, 2.05) is 11.1 Å². The summed E-state index contributed by atoms with van der Waals surface area (Å²) in [6, 6.07) is 3.34. The maximum atomic E-state index is 13.8. The van der Waals surface area contributed by atoms with Crippen LogP contribution in [-0.2, 0) is 0 Å². The highest BCUT2D eigenvalue weighted by Crippen LogP contribution is 2.32. The van der Waals surface area contributed by atoms with Crippen LogP contribution in [0.25, 0.3) is 0 Å². The van der Waals surface area contributed by atoms with Crippen LogP contribution >= 0.6 is 0 Å². The van der Waals surface area contributed by atoms with Crippen molar-refractivity contribution < 1.29 is 9.18 Å². The summed E-state index contributed by atoms with van der Waals surface area (Å²) in [4.78, 5) is 14.8. The van der Waals surface area contributed by atoms with Crippen molar-refractivity contribution in [3.63, 3.8) is 0 Å². The molecule has 2 heterocycles. The molecule has 0 spiro atoms. The maximum Gasteiger partial charge on any atom is 0.254 e. The summed E-state index contributed by atoms with van der Waals surface area (Å²) >= 11 is 0. The van der Waals surface area contributed by atoms with Crippen LogP contribution in [0.5, 0.6) is 0 Å². The number of H-pyrrole nitrogens is 1. The first-order chi connectivity index (χ1) is 10.6. The molecule has 1 aliphatic heterocycles. The van der Waals surface area contributed by atoms with E-state index in [0.717, 1.165) is 31.4 Å². The van der Waals surface area contributed by atoms with E-state index in [0.29, 0.717) is 16.7 Å². The zero-order chi connectivity index (χ0) is 15.7. The summed E-state index contributed by atoms with van der Waals surface area (Å²) in [5.74, 6) is -0.265. The standard InChI is InChI=1S/C17H20FN3O/c1-11-7-13(8-12(2)16(11)18)17(22)21-6-4-3-5-15(21)14-9-19-20-10-14/h7-10,15H,3-6H2,1-2H3,(H,19,20). The highest BCUT2D eigenvalue weighted by atomic mass is 19.1. The number of hydrogen-bond acceptors (Lipinski definition) is 2. The lowest BCUT2D eigenvalue weighted by atomic mass is 9.96. The average molecular weight is 301 g/mol. The number of nitrogens with one attached hydrogen (secondary N) is 1. The normalized spacial score (nSPS) is 18.5. The lowest BCUT2D eigenvalue weighted by Gasteiger charge is -2.35. The van der Waals surface area contributed by atoms with Crippen LogP contribution in [0.15, 0.2) is 24.5 Å². The van der Waals surface area contributed by atoms with Crippen molar-refractivity contribution in [2.75, 3.05) is 6.54 Å². The van der Waals surface area contributed by atoms with Crippen molar-refractivity contribution in [3.8, 4) is 0 Å². The summed E-state index contributed by atoms with van der Waals surface area (Å²) in [6.07, 6.45) is 6.65. The molecular weight excluding hydrogens is 281 g/mol. The highest BCUT2D eigenvalue weighted by molar-refractivity contribution is 5.95. The van der Waals surface area contributed by atoms with E-state index in [1.54, 1.807) is 32.2 Å². The quantitative estimate of drug-likeness (QED) is 0.922. The number of halogens is 1. The zero-order valence-electron chi connectivity index (χ0n) is 12.9. The molecular formula is C17H20FN3O. The Morgan fingerprint density at radius 1 is 1.32 bits per heavy atom. The maximum absolute atomic E-state index is 13.8. The molecule has 2 aromatic rings. The van der Waals surface area contributed by atoms with E-state index in [2.05, 4.69) is 10.2 Å². The van der Waals surface area contributed by atoms with Crippen LogP contribution in [0.1, 0.15) is 52.4 Å². The molecule has 4 nitrogen and oxygen atoms in total. The van der Waals surface area contributed by atoms with Gasteiger partial charge < -0.3 is 4.90 Å². The summed E-state index contributed by atoms with van der Waals surface area (Å²) in [5, 5.41) is 6.81. The first-order valence-corrected chi connectivity index (χ1v) is 7.64. The second-order valence-corrected chi connectivity index (χ2v) is 5.97. The van der Waals surface area contributed by atoms with Gasteiger partial charge in [0, 0.05) is 23.9 Å². The fourth-order valence-electron chi connectivity index (χ4n) is 3.20. The van der Waals surface area contributed by atoms with Crippen LogP contribution in [0, 0.1) is 19.7 Å². The Bertz CT molecular complexity index is 658. The van der Waals surface area contributed by atoms with E-state index in [4.69, 9.17) is 0 Å². The zero-order valence-corrected chi connectivity index (χ0v) is 12.9. The summed E-state index contributed by atoms with van der Waals surface area (Å²) in [7, 11) is 0. The Kier molecular flexibility index (Phi) is 3.96. The number of rotatable bonds is 2. The Morgan fingerprint density at radius 3 is 2.68 bits per heavy atom. The minimum Gasteiger partial charge on any atom is -0.331 e. The molecule has 1 atom stereocenters. The van der Waals surface area contributed by atoms with Crippen molar-refractivity contribution in [2.45, 2.75) is 39.2 Å².